The van der Waals surface area contributed by atoms with E-state index in [-0.39, 0.29) is 23.4 Å². The van der Waals surface area contributed by atoms with Crippen LogP contribution in [0.25, 0.3) is 0 Å². The van der Waals surface area contributed by atoms with Gasteiger partial charge in [-0.2, -0.15) is 0 Å². The third kappa shape index (κ3) is 5.69. The zero-order chi connectivity index (χ0) is 13.4. The van der Waals surface area contributed by atoms with E-state index in [1.54, 1.807) is 11.8 Å². The highest BCUT2D eigenvalue weighted by atomic mass is 32.2. The summed E-state index contributed by atoms with van der Waals surface area (Å²) < 4.78 is 5.29. The molecule has 0 aromatic carbocycles. The second-order valence-electron chi connectivity index (χ2n) is 2.92. The van der Waals surface area contributed by atoms with E-state index in [0.717, 1.165) is 10.1 Å². The van der Waals surface area contributed by atoms with E-state index < -0.39 is 0 Å². The number of thioether (sulfide) groups is 2. The summed E-state index contributed by atoms with van der Waals surface area (Å²) in [4.78, 5) is 22.3. The average Bonchev–Trinajstić information content (AvgIpc) is 2.76. The molecule has 1 rings (SSSR count). The van der Waals surface area contributed by atoms with Crippen LogP contribution in [0.1, 0.15) is 6.92 Å². The number of anilines is 1. The summed E-state index contributed by atoms with van der Waals surface area (Å²) in [6, 6.07) is 0. The zero-order valence-corrected chi connectivity index (χ0v) is 12.4. The molecule has 0 unspecified atom stereocenters. The first-order valence-corrected chi connectivity index (χ1v) is 8.02. The van der Waals surface area contributed by atoms with Gasteiger partial charge in [0.05, 0.1) is 18.6 Å². The van der Waals surface area contributed by atoms with Crippen molar-refractivity contribution >= 4 is 51.9 Å². The number of aromatic nitrogens is 2. The summed E-state index contributed by atoms with van der Waals surface area (Å²) in [6.45, 7) is 2.02. The number of carbonyl (C=O) groups is 2. The van der Waals surface area contributed by atoms with Crippen LogP contribution in [0.5, 0.6) is 0 Å². The molecule has 1 amide bonds. The first kappa shape index (κ1) is 15.3. The van der Waals surface area contributed by atoms with Crippen LogP contribution in [0.15, 0.2) is 4.34 Å². The van der Waals surface area contributed by atoms with Crippen molar-refractivity contribution in [3.8, 4) is 0 Å². The third-order valence-corrected chi connectivity index (χ3v) is 4.36. The topological polar surface area (TPSA) is 81.2 Å². The van der Waals surface area contributed by atoms with Crippen LogP contribution >= 0.6 is 34.9 Å². The number of amides is 1. The molecule has 0 bridgehead atoms. The van der Waals surface area contributed by atoms with Crippen LogP contribution in [0, 0.1) is 0 Å². The summed E-state index contributed by atoms with van der Waals surface area (Å²) in [7, 11) is 1.32. The maximum absolute atomic E-state index is 11.5. The summed E-state index contributed by atoms with van der Waals surface area (Å²) in [6.07, 6.45) is 0. The molecule has 1 aromatic heterocycles. The Bertz CT molecular complexity index is 411. The molecule has 9 heteroatoms. The second-order valence-corrected chi connectivity index (χ2v) is 6.40. The molecular weight excluding hydrogens is 294 g/mol. The number of esters is 1. The number of rotatable bonds is 7. The zero-order valence-electron chi connectivity index (χ0n) is 9.97. The molecule has 18 heavy (non-hydrogen) atoms. The van der Waals surface area contributed by atoms with Crippen molar-refractivity contribution in [2.24, 2.45) is 0 Å². The molecule has 0 aliphatic heterocycles. The van der Waals surface area contributed by atoms with E-state index in [9.17, 15) is 9.59 Å². The molecule has 0 spiro atoms. The van der Waals surface area contributed by atoms with Gasteiger partial charge in [0.25, 0.3) is 0 Å². The fraction of sp³-hybridized carbons (Fsp3) is 0.556. The van der Waals surface area contributed by atoms with Crippen molar-refractivity contribution in [3.63, 3.8) is 0 Å². The largest absolute Gasteiger partial charge is 0.468 e. The Morgan fingerprint density at radius 3 is 2.83 bits per heavy atom. The highest BCUT2D eigenvalue weighted by Gasteiger charge is 2.09. The third-order valence-electron chi connectivity index (χ3n) is 1.60. The number of hydrogen-bond donors (Lipinski definition) is 1. The maximum Gasteiger partial charge on any atom is 0.315 e. The van der Waals surface area contributed by atoms with Gasteiger partial charge in [-0.3, -0.25) is 14.9 Å². The van der Waals surface area contributed by atoms with Crippen molar-refractivity contribution in [2.45, 2.75) is 11.3 Å². The van der Waals surface area contributed by atoms with Crippen LogP contribution < -0.4 is 5.32 Å². The van der Waals surface area contributed by atoms with Gasteiger partial charge in [-0.25, -0.2) is 0 Å². The van der Waals surface area contributed by atoms with Gasteiger partial charge in [0.2, 0.25) is 11.0 Å². The standard InChI is InChI=1S/C9H13N3O3S3/c1-3-17-9-12-11-8(18-9)10-6(13)4-16-5-7(14)15-2/h3-5H2,1-2H3,(H,10,11,13). The Morgan fingerprint density at radius 2 is 2.17 bits per heavy atom. The van der Waals surface area contributed by atoms with Gasteiger partial charge in [-0.1, -0.05) is 30.0 Å². The summed E-state index contributed by atoms with van der Waals surface area (Å²) in [5.41, 5.74) is 0. The number of nitrogens with one attached hydrogen (secondary N) is 1. The van der Waals surface area contributed by atoms with Crippen molar-refractivity contribution in [3.05, 3.63) is 0 Å². The van der Waals surface area contributed by atoms with E-state index in [1.807, 2.05) is 6.92 Å². The molecule has 100 valence electrons. The fourth-order valence-electron chi connectivity index (χ4n) is 0.883. The lowest BCUT2D eigenvalue weighted by Crippen LogP contribution is -2.15. The number of methoxy groups -OCH3 is 1. The predicted octanol–water partition coefficient (Wildman–Crippen LogP) is 1.49. The van der Waals surface area contributed by atoms with Gasteiger partial charge in [0, 0.05) is 0 Å². The number of ether oxygens (including phenoxy) is 1. The quantitative estimate of drug-likeness (QED) is 0.464. The molecule has 0 saturated carbocycles. The van der Waals surface area contributed by atoms with E-state index in [4.69, 9.17) is 0 Å². The van der Waals surface area contributed by atoms with Gasteiger partial charge >= 0.3 is 5.97 Å². The Balaban J connectivity index is 2.28. The first-order valence-electron chi connectivity index (χ1n) is 5.06. The Labute approximate surface area is 117 Å². The molecule has 0 saturated heterocycles. The SMILES string of the molecule is CCSc1nnc(NC(=O)CSCC(=O)OC)s1. The minimum atomic E-state index is -0.342. The Morgan fingerprint density at radius 1 is 1.39 bits per heavy atom. The molecule has 6 nitrogen and oxygen atoms in total. The molecule has 0 radical (unpaired) electrons. The second kappa shape index (κ2) is 8.33. The van der Waals surface area contributed by atoms with E-state index in [0.29, 0.717) is 5.13 Å². The van der Waals surface area contributed by atoms with Crippen LogP contribution in [-0.4, -0.2) is 46.4 Å². The summed E-state index contributed by atoms with van der Waals surface area (Å²) in [5, 5.41) is 10.9. The highest BCUT2D eigenvalue weighted by Crippen LogP contribution is 2.24. The average molecular weight is 307 g/mol. The molecule has 0 aliphatic rings. The Kier molecular flexibility index (Phi) is 7.06. The van der Waals surface area contributed by atoms with Crippen molar-refractivity contribution < 1.29 is 14.3 Å². The van der Waals surface area contributed by atoms with Gasteiger partial charge in [-0.05, 0) is 5.75 Å². The van der Waals surface area contributed by atoms with E-state index in [1.165, 1.54) is 30.2 Å². The van der Waals surface area contributed by atoms with Crippen molar-refractivity contribution in [1.29, 1.82) is 0 Å². The molecule has 0 aliphatic carbocycles. The minimum absolute atomic E-state index is 0.164. The number of hydrogen-bond acceptors (Lipinski definition) is 8. The molecular formula is C9H13N3O3S3. The number of carbonyl (C=O) groups excluding carboxylic acids is 2. The van der Waals surface area contributed by atoms with Crippen molar-refractivity contribution in [2.75, 3.05) is 29.7 Å². The molecule has 1 N–H and O–H groups in total. The van der Waals surface area contributed by atoms with E-state index in [2.05, 4.69) is 20.3 Å². The van der Waals surface area contributed by atoms with Gasteiger partial charge in [-0.15, -0.1) is 22.0 Å². The highest BCUT2D eigenvalue weighted by molar-refractivity contribution is 8.01. The van der Waals surface area contributed by atoms with Crippen molar-refractivity contribution in [1.82, 2.24) is 10.2 Å². The first-order chi connectivity index (χ1) is 8.65. The van der Waals surface area contributed by atoms with Crippen LogP contribution in [0.4, 0.5) is 5.13 Å². The molecule has 0 atom stereocenters. The molecule has 1 aromatic rings. The summed E-state index contributed by atoms with van der Waals surface area (Å²) >= 11 is 4.11. The van der Waals surface area contributed by atoms with E-state index >= 15 is 0 Å². The normalized spacial score (nSPS) is 10.1. The molecule has 1 heterocycles. The lowest BCUT2D eigenvalue weighted by molar-refractivity contribution is -0.137. The van der Waals surface area contributed by atoms with Crippen LogP contribution in [-0.2, 0) is 14.3 Å². The lowest BCUT2D eigenvalue weighted by Gasteiger charge is -2.00. The summed E-state index contributed by atoms with van der Waals surface area (Å²) in [5.74, 6) is 0.720. The van der Waals surface area contributed by atoms with Crippen LogP contribution in [0.2, 0.25) is 0 Å². The minimum Gasteiger partial charge on any atom is -0.468 e. The smallest absolute Gasteiger partial charge is 0.315 e. The Hall–Kier alpha value is -0.800. The van der Waals surface area contributed by atoms with Gasteiger partial charge < -0.3 is 4.74 Å². The van der Waals surface area contributed by atoms with Gasteiger partial charge in [0.1, 0.15) is 0 Å². The lowest BCUT2D eigenvalue weighted by atomic mass is 10.7. The van der Waals surface area contributed by atoms with Gasteiger partial charge in [0.15, 0.2) is 4.34 Å². The molecule has 0 fully saturated rings. The number of nitrogens with zero attached hydrogens (tertiary/aromatic N) is 2. The van der Waals surface area contributed by atoms with Crippen LogP contribution in [0.3, 0.4) is 0 Å². The maximum atomic E-state index is 11.5. The monoisotopic (exact) mass is 307 g/mol. The predicted molar refractivity (Wildman–Crippen MR) is 74.3 cm³/mol. The fourth-order valence-corrected chi connectivity index (χ4v) is 3.19.